The van der Waals surface area contributed by atoms with E-state index in [1.807, 2.05) is 36.4 Å². The quantitative estimate of drug-likeness (QED) is 0.325. The van der Waals surface area contributed by atoms with Gasteiger partial charge in [0.15, 0.2) is 5.11 Å². The molecule has 0 saturated carbocycles. The van der Waals surface area contributed by atoms with Gasteiger partial charge in [0.1, 0.15) is 10.8 Å². The fourth-order valence-electron chi connectivity index (χ4n) is 2.93. The van der Waals surface area contributed by atoms with Crippen LogP contribution in [0.2, 0.25) is 10.0 Å². The Morgan fingerprint density at radius 3 is 2.68 bits per heavy atom. The first kappa shape index (κ1) is 21.5. The lowest BCUT2D eigenvalue weighted by atomic mass is 10.2. The molecule has 0 spiro atoms. The van der Waals surface area contributed by atoms with Gasteiger partial charge in [-0.05, 0) is 54.7 Å². The molecule has 0 bridgehead atoms. The van der Waals surface area contributed by atoms with E-state index in [1.54, 1.807) is 29.5 Å². The van der Waals surface area contributed by atoms with E-state index in [4.69, 9.17) is 40.2 Å². The SMILES string of the molecule is COc1ccc(Cl)cc1C(=O)NC(=S)Nc1cc(-c2nc3ccccc3s2)ccc1Cl. The van der Waals surface area contributed by atoms with Crippen molar-refractivity contribution in [1.82, 2.24) is 10.3 Å². The van der Waals surface area contributed by atoms with Crippen molar-refractivity contribution in [2.45, 2.75) is 0 Å². The molecule has 0 atom stereocenters. The van der Waals surface area contributed by atoms with Crippen LogP contribution in [0.15, 0.2) is 60.7 Å². The van der Waals surface area contributed by atoms with Gasteiger partial charge in [-0.25, -0.2) is 4.98 Å². The van der Waals surface area contributed by atoms with E-state index in [1.165, 1.54) is 13.2 Å². The van der Waals surface area contributed by atoms with E-state index >= 15 is 0 Å². The van der Waals surface area contributed by atoms with E-state index in [2.05, 4.69) is 15.6 Å². The molecule has 5 nitrogen and oxygen atoms in total. The Kier molecular flexibility index (Phi) is 6.38. The number of halogens is 2. The van der Waals surface area contributed by atoms with Crippen molar-refractivity contribution in [3.8, 4) is 16.3 Å². The number of methoxy groups -OCH3 is 1. The molecule has 4 rings (SSSR count). The predicted octanol–water partition coefficient (Wildman–Crippen LogP) is 6.41. The molecule has 0 saturated heterocycles. The van der Waals surface area contributed by atoms with Crippen molar-refractivity contribution in [2.75, 3.05) is 12.4 Å². The van der Waals surface area contributed by atoms with Gasteiger partial charge in [-0.15, -0.1) is 11.3 Å². The Bertz CT molecular complexity index is 1270. The summed E-state index contributed by atoms with van der Waals surface area (Å²) in [5, 5.41) is 7.43. The van der Waals surface area contributed by atoms with Gasteiger partial charge >= 0.3 is 0 Å². The monoisotopic (exact) mass is 487 g/mol. The summed E-state index contributed by atoms with van der Waals surface area (Å²) in [6, 6.07) is 18.2. The van der Waals surface area contributed by atoms with Crippen LogP contribution in [0, 0.1) is 0 Å². The zero-order valence-corrected chi connectivity index (χ0v) is 19.3. The van der Waals surface area contributed by atoms with Crippen LogP contribution in [-0.2, 0) is 0 Å². The number of ether oxygens (including phenoxy) is 1. The van der Waals surface area contributed by atoms with E-state index in [-0.39, 0.29) is 10.7 Å². The molecule has 9 heteroatoms. The second-order valence-electron chi connectivity index (χ2n) is 6.43. The molecule has 1 heterocycles. The van der Waals surface area contributed by atoms with Crippen LogP contribution >= 0.6 is 46.8 Å². The van der Waals surface area contributed by atoms with Crippen molar-refractivity contribution in [2.24, 2.45) is 0 Å². The van der Waals surface area contributed by atoms with E-state index in [0.717, 1.165) is 20.8 Å². The highest BCUT2D eigenvalue weighted by Crippen LogP contribution is 2.33. The average molecular weight is 488 g/mol. The molecule has 0 aliphatic carbocycles. The first-order chi connectivity index (χ1) is 14.9. The smallest absolute Gasteiger partial charge is 0.261 e. The molecule has 3 aromatic carbocycles. The molecular weight excluding hydrogens is 473 g/mol. The van der Waals surface area contributed by atoms with Crippen LogP contribution in [0.4, 0.5) is 5.69 Å². The third-order valence-corrected chi connectivity index (χ3v) is 6.24. The normalized spacial score (nSPS) is 10.7. The first-order valence-electron chi connectivity index (χ1n) is 9.06. The Morgan fingerprint density at radius 2 is 1.90 bits per heavy atom. The second-order valence-corrected chi connectivity index (χ2v) is 8.72. The highest BCUT2D eigenvalue weighted by atomic mass is 35.5. The van der Waals surface area contributed by atoms with Gasteiger partial charge in [0, 0.05) is 10.6 Å². The van der Waals surface area contributed by atoms with Crippen LogP contribution in [0.5, 0.6) is 5.75 Å². The number of nitrogens with one attached hydrogen (secondary N) is 2. The number of thiocarbonyl (C=S) groups is 1. The molecule has 2 N–H and O–H groups in total. The van der Waals surface area contributed by atoms with E-state index < -0.39 is 5.91 Å². The first-order valence-corrected chi connectivity index (χ1v) is 11.0. The minimum absolute atomic E-state index is 0.0929. The summed E-state index contributed by atoms with van der Waals surface area (Å²) in [6.45, 7) is 0. The van der Waals surface area contributed by atoms with E-state index in [9.17, 15) is 4.79 Å². The number of para-hydroxylation sites is 1. The Morgan fingerprint density at radius 1 is 1.10 bits per heavy atom. The van der Waals surface area contributed by atoms with Gasteiger partial charge in [0.25, 0.3) is 5.91 Å². The third-order valence-electron chi connectivity index (χ3n) is 4.39. The average Bonchev–Trinajstić information content (AvgIpc) is 3.19. The van der Waals surface area contributed by atoms with Crippen LogP contribution in [-0.4, -0.2) is 23.1 Å². The van der Waals surface area contributed by atoms with Crippen molar-refractivity contribution in [3.05, 3.63) is 76.3 Å². The van der Waals surface area contributed by atoms with Gasteiger partial charge in [-0.1, -0.05) is 41.4 Å². The van der Waals surface area contributed by atoms with Gasteiger partial charge in [0.2, 0.25) is 0 Å². The lowest BCUT2D eigenvalue weighted by molar-refractivity contribution is 0.0975. The summed E-state index contributed by atoms with van der Waals surface area (Å²) < 4.78 is 6.32. The number of aromatic nitrogens is 1. The molecule has 156 valence electrons. The topological polar surface area (TPSA) is 63.2 Å². The molecular formula is C22H15Cl2N3O2S2. The number of benzene rings is 3. The van der Waals surface area contributed by atoms with Crippen molar-refractivity contribution >= 4 is 73.7 Å². The fourth-order valence-corrected chi connectivity index (χ4v) is 4.43. The summed E-state index contributed by atoms with van der Waals surface area (Å²) >= 11 is 19.2. The number of carbonyl (C=O) groups is 1. The summed E-state index contributed by atoms with van der Waals surface area (Å²) in [5.74, 6) is -0.0594. The maximum atomic E-state index is 12.6. The second kappa shape index (κ2) is 9.20. The van der Waals surface area contributed by atoms with Crippen molar-refractivity contribution < 1.29 is 9.53 Å². The van der Waals surface area contributed by atoms with Crippen LogP contribution in [0.3, 0.4) is 0 Å². The standard InChI is InChI=1S/C22H15Cl2N3O2S2/c1-29-18-9-7-13(23)11-14(18)20(28)27-22(30)26-17-10-12(6-8-15(17)24)21-25-16-4-2-3-5-19(16)31-21/h2-11H,1H3,(H2,26,27,28,30). The number of nitrogens with zero attached hydrogens (tertiary/aromatic N) is 1. The number of rotatable bonds is 4. The number of hydrogen-bond donors (Lipinski definition) is 2. The van der Waals surface area contributed by atoms with Gasteiger partial charge in [0.05, 0.1) is 33.6 Å². The predicted molar refractivity (Wildman–Crippen MR) is 132 cm³/mol. The van der Waals surface area contributed by atoms with Crippen molar-refractivity contribution in [1.29, 1.82) is 0 Å². The molecule has 0 unspecified atom stereocenters. The van der Waals surface area contributed by atoms with Crippen molar-refractivity contribution in [3.63, 3.8) is 0 Å². The summed E-state index contributed by atoms with van der Waals surface area (Å²) in [5.41, 5.74) is 2.65. The highest BCUT2D eigenvalue weighted by Gasteiger charge is 2.15. The number of fused-ring (bicyclic) bond motifs is 1. The number of carbonyl (C=O) groups excluding carboxylic acids is 1. The molecule has 4 aromatic rings. The lowest BCUT2D eigenvalue weighted by Crippen LogP contribution is -2.34. The Labute approximate surface area is 198 Å². The van der Waals surface area contributed by atoms with Crippen LogP contribution in [0.1, 0.15) is 10.4 Å². The zero-order valence-electron chi connectivity index (χ0n) is 16.1. The number of thiazole rings is 1. The highest BCUT2D eigenvalue weighted by molar-refractivity contribution is 7.80. The molecule has 1 amide bonds. The maximum Gasteiger partial charge on any atom is 0.261 e. The number of anilines is 1. The van der Waals surface area contributed by atoms with Crippen LogP contribution < -0.4 is 15.4 Å². The molecule has 1 aromatic heterocycles. The fraction of sp³-hybridized carbons (Fsp3) is 0.0455. The molecule has 0 radical (unpaired) electrons. The van der Waals surface area contributed by atoms with E-state index in [0.29, 0.717) is 21.5 Å². The third kappa shape index (κ3) is 4.80. The molecule has 31 heavy (non-hydrogen) atoms. The zero-order chi connectivity index (χ0) is 22.0. The largest absolute Gasteiger partial charge is 0.496 e. The summed E-state index contributed by atoms with van der Waals surface area (Å²) in [6.07, 6.45) is 0. The maximum absolute atomic E-state index is 12.6. The molecule has 0 fully saturated rings. The van der Waals surface area contributed by atoms with Gasteiger partial charge in [-0.3, -0.25) is 10.1 Å². The Hall–Kier alpha value is -2.71. The lowest BCUT2D eigenvalue weighted by Gasteiger charge is -2.13. The van der Waals surface area contributed by atoms with Gasteiger partial charge in [-0.2, -0.15) is 0 Å². The van der Waals surface area contributed by atoms with Gasteiger partial charge < -0.3 is 10.1 Å². The number of hydrogen-bond acceptors (Lipinski definition) is 5. The molecule has 0 aliphatic rings. The summed E-state index contributed by atoms with van der Waals surface area (Å²) in [7, 11) is 1.48. The minimum atomic E-state index is -0.449. The minimum Gasteiger partial charge on any atom is -0.496 e. The summed E-state index contributed by atoms with van der Waals surface area (Å²) in [4.78, 5) is 17.3. The van der Waals surface area contributed by atoms with Crippen LogP contribution in [0.25, 0.3) is 20.8 Å². The Balaban J connectivity index is 1.54. The molecule has 0 aliphatic heterocycles. The number of amides is 1.